The van der Waals surface area contributed by atoms with Gasteiger partial charge in [0.2, 0.25) is 0 Å². The lowest BCUT2D eigenvalue weighted by molar-refractivity contribution is 0.0394. The number of nitrogens with one attached hydrogen (secondary N) is 1. The minimum Gasteiger partial charge on any atom is -0.493 e. The molecule has 3 aromatic rings. The van der Waals surface area contributed by atoms with Gasteiger partial charge in [-0.25, -0.2) is 14.2 Å². The van der Waals surface area contributed by atoms with E-state index in [2.05, 4.69) is 10.3 Å². The zero-order valence-corrected chi connectivity index (χ0v) is 26.8. The second-order valence-corrected chi connectivity index (χ2v) is 12.5. The van der Waals surface area contributed by atoms with E-state index < -0.39 is 28.7 Å². The third-order valence-corrected chi connectivity index (χ3v) is 7.09. The van der Waals surface area contributed by atoms with Crippen molar-refractivity contribution in [2.24, 2.45) is 0 Å². The van der Waals surface area contributed by atoms with Gasteiger partial charge in [0.25, 0.3) is 0 Å². The first-order chi connectivity index (χ1) is 20.5. The molecule has 0 bridgehead atoms. The summed E-state index contributed by atoms with van der Waals surface area (Å²) in [5.41, 5.74) is -1.22. The molecule has 0 spiro atoms. The summed E-state index contributed by atoms with van der Waals surface area (Å²) in [4.78, 5) is 30.5. The summed E-state index contributed by atoms with van der Waals surface area (Å²) < 4.78 is 30.2. The number of aromatic nitrogens is 1. The standard InChI is InChI=1S/C33H40ClFN2O7/c1-31(2,3)44-30(40)37-32(4,5)22-18-25(20-8-10-24(35)23(34)16-20)36-29(19-22)33(6,41)13-12-26(39)21-9-11-27(43-15-14-38)28(17-21)42-7/h8-11,16-19,38,41H,12-15H2,1-7H3,(H,37,40). The van der Waals surface area contributed by atoms with Gasteiger partial charge >= 0.3 is 6.09 Å². The van der Waals surface area contributed by atoms with E-state index in [-0.39, 0.29) is 42.6 Å². The van der Waals surface area contributed by atoms with Gasteiger partial charge in [0.1, 0.15) is 23.6 Å². The van der Waals surface area contributed by atoms with E-state index in [1.54, 1.807) is 71.9 Å². The molecule has 0 fully saturated rings. The summed E-state index contributed by atoms with van der Waals surface area (Å²) in [5, 5.41) is 23.4. The number of ether oxygens (including phenoxy) is 3. The number of Topliss-reactive ketones (excluding diaryl/α,β-unsaturated/α-hetero) is 1. The van der Waals surface area contributed by atoms with Crippen LogP contribution in [-0.4, -0.2) is 53.0 Å². The van der Waals surface area contributed by atoms with Gasteiger partial charge in [-0.1, -0.05) is 11.6 Å². The number of halogens is 2. The molecule has 0 saturated carbocycles. The minimum absolute atomic E-state index is 0.0108. The van der Waals surface area contributed by atoms with Crippen molar-refractivity contribution < 1.29 is 38.4 Å². The number of carbonyl (C=O) groups is 2. The van der Waals surface area contributed by atoms with Crippen molar-refractivity contribution in [3.8, 4) is 22.8 Å². The highest BCUT2D eigenvalue weighted by atomic mass is 35.5. The van der Waals surface area contributed by atoms with Crippen LogP contribution in [0.3, 0.4) is 0 Å². The number of hydrogen-bond donors (Lipinski definition) is 3. The predicted molar refractivity (Wildman–Crippen MR) is 166 cm³/mol. The molecule has 9 nitrogen and oxygen atoms in total. The Hall–Kier alpha value is -3.73. The highest BCUT2D eigenvalue weighted by Gasteiger charge is 2.32. The average Bonchev–Trinajstić information content (AvgIpc) is 2.94. The van der Waals surface area contributed by atoms with Crippen LogP contribution in [0.5, 0.6) is 11.5 Å². The molecule has 1 aromatic heterocycles. The van der Waals surface area contributed by atoms with Gasteiger partial charge in [-0.2, -0.15) is 0 Å². The molecule has 3 N–H and O–H groups in total. The summed E-state index contributed by atoms with van der Waals surface area (Å²) in [6.07, 6.45) is -0.652. The zero-order valence-electron chi connectivity index (χ0n) is 26.1. The number of methoxy groups -OCH3 is 1. The molecule has 0 aliphatic rings. The summed E-state index contributed by atoms with van der Waals surface area (Å²) in [5.74, 6) is -0.102. The van der Waals surface area contributed by atoms with Crippen LogP contribution in [0, 0.1) is 5.82 Å². The lowest BCUT2D eigenvalue weighted by Crippen LogP contribution is -2.44. The number of pyridine rings is 1. The third kappa shape index (κ3) is 9.14. The van der Waals surface area contributed by atoms with Crippen molar-refractivity contribution in [1.29, 1.82) is 0 Å². The molecule has 1 atom stereocenters. The van der Waals surface area contributed by atoms with Gasteiger partial charge in [0.15, 0.2) is 17.3 Å². The fourth-order valence-corrected chi connectivity index (χ4v) is 4.53. The van der Waals surface area contributed by atoms with Gasteiger partial charge in [0.05, 0.1) is 35.7 Å². The van der Waals surface area contributed by atoms with E-state index in [1.165, 1.54) is 25.3 Å². The van der Waals surface area contributed by atoms with Gasteiger partial charge in [-0.05, 0) is 102 Å². The van der Waals surface area contributed by atoms with Crippen molar-refractivity contribution in [3.05, 3.63) is 76.2 Å². The molecule has 0 saturated heterocycles. The molecule has 0 radical (unpaired) electrons. The summed E-state index contributed by atoms with van der Waals surface area (Å²) in [6.45, 7) is 10.3. The molecule has 44 heavy (non-hydrogen) atoms. The number of aliphatic hydroxyl groups is 2. The molecule has 1 unspecified atom stereocenters. The van der Waals surface area contributed by atoms with E-state index in [0.29, 0.717) is 33.9 Å². The number of carbonyl (C=O) groups excluding carboxylic acids is 2. The van der Waals surface area contributed by atoms with Gasteiger partial charge in [-0.15, -0.1) is 0 Å². The van der Waals surface area contributed by atoms with Crippen molar-refractivity contribution in [3.63, 3.8) is 0 Å². The zero-order chi connectivity index (χ0) is 32.9. The topological polar surface area (TPSA) is 127 Å². The first-order valence-electron chi connectivity index (χ1n) is 14.1. The maximum Gasteiger partial charge on any atom is 0.408 e. The quantitative estimate of drug-likeness (QED) is 0.192. The second-order valence-electron chi connectivity index (χ2n) is 12.1. The Kier molecular flexibility index (Phi) is 11.0. The van der Waals surface area contributed by atoms with E-state index in [4.69, 9.17) is 30.9 Å². The molecule has 238 valence electrons. The monoisotopic (exact) mass is 630 g/mol. The van der Waals surface area contributed by atoms with E-state index in [0.717, 1.165) is 0 Å². The number of aliphatic hydroxyl groups excluding tert-OH is 1. The largest absolute Gasteiger partial charge is 0.493 e. The SMILES string of the molecule is COc1cc(C(=O)CCC(C)(O)c2cc(C(C)(C)NC(=O)OC(C)(C)C)cc(-c3ccc(F)c(Cl)c3)n2)ccc1OCCO. The van der Waals surface area contributed by atoms with Crippen LogP contribution in [0.2, 0.25) is 5.02 Å². The maximum absolute atomic E-state index is 14.0. The fourth-order valence-electron chi connectivity index (χ4n) is 4.35. The maximum atomic E-state index is 14.0. The molecule has 1 heterocycles. The number of nitrogens with zero attached hydrogens (tertiary/aromatic N) is 1. The number of rotatable bonds is 12. The van der Waals surface area contributed by atoms with E-state index in [9.17, 15) is 19.1 Å². The Bertz CT molecular complexity index is 1500. The Balaban J connectivity index is 1.95. The first-order valence-corrected chi connectivity index (χ1v) is 14.5. The van der Waals surface area contributed by atoms with Crippen LogP contribution >= 0.6 is 11.6 Å². The lowest BCUT2D eigenvalue weighted by atomic mass is 9.87. The molecule has 0 aliphatic carbocycles. The summed E-state index contributed by atoms with van der Waals surface area (Å²) >= 11 is 6.06. The normalized spacial score (nSPS) is 13.2. The minimum atomic E-state index is -1.58. The van der Waals surface area contributed by atoms with Crippen molar-refractivity contribution in [2.75, 3.05) is 20.3 Å². The van der Waals surface area contributed by atoms with Crippen LogP contribution in [0.25, 0.3) is 11.3 Å². The van der Waals surface area contributed by atoms with E-state index in [1.807, 2.05) is 0 Å². The molecule has 3 rings (SSSR count). The second kappa shape index (κ2) is 13.9. The summed E-state index contributed by atoms with van der Waals surface area (Å²) in [6, 6.07) is 12.3. The number of hydrogen-bond acceptors (Lipinski definition) is 8. The lowest BCUT2D eigenvalue weighted by Gasteiger charge is -2.31. The Morgan fingerprint density at radius 2 is 1.70 bits per heavy atom. The van der Waals surface area contributed by atoms with Gasteiger partial charge in [0, 0.05) is 17.5 Å². The summed E-state index contributed by atoms with van der Waals surface area (Å²) in [7, 11) is 1.45. The van der Waals surface area contributed by atoms with Crippen LogP contribution < -0.4 is 14.8 Å². The van der Waals surface area contributed by atoms with Gasteiger partial charge < -0.3 is 29.7 Å². The number of amides is 1. The Morgan fingerprint density at radius 1 is 1.00 bits per heavy atom. The first kappa shape index (κ1) is 34.8. The fraction of sp³-hybridized carbons (Fsp3) is 0.424. The predicted octanol–water partition coefficient (Wildman–Crippen LogP) is 6.55. The molecule has 11 heteroatoms. The molecule has 0 aliphatic heterocycles. The van der Waals surface area contributed by atoms with Crippen molar-refractivity contribution >= 4 is 23.5 Å². The molecule has 2 aromatic carbocycles. The van der Waals surface area contributed by atoms with Crippen LogP contribution in [0.4, 0.5) is 9.18 Å². The van der Waals surface area contributed by atoms with Crippen LogP contribution in [-0.2, 0) is 15.9 Å². The number of benzene rings is 2. The van der Waals surface area contributed by atoms with Crippen molar-refractivity contribution in [2.45, 2.75) is 71.1 Å². The Labute approximate surface area is 262 Å². The van der Waals surface area contributed by atoms with Gasteiger partial charge in [-0.3, -0.25) is 4.79 Å². The van der Waals surface area contributed by atoms with Crippen LogP contribution in [0.1, 0.15) is 76.0 Å². The third-order valence-electron chi connectivity index (χ3n) is 6.80. The molecule has 1 amide bonds. The number of ketones is 1. The highest BCUT2D eigenvalue weighted by molar-refractivity contribution is 6.31. The number of alkyl carbamates (subject to hydrolysis) is 1. The van der Waals surface area contributed by atoms with Crippen LogP contribution in [0.15, 0.2) is 48.5 Å². The Morgan fingerprint density at radius 3 is 2.32 bits per heavy atom. The molecular formula is C33H40ClFN2O7. The highest BCUT2D eigenvalue weighted by Crippen LogP contribution is 2.34. The van der Waals surface area contributed by atoms with Crippen molar-refractivity contribution in [1.82, 2.24) is 10.3 Å². The average molecular weight is 631 g/mol. The molecular weight excluding hydrogens is 591 g/mol. The van der Waals surface area contributed by atoms with E-state index >= 15 is 0 Å². The smallest absolute Gasteiger partial charge is 0.408 e.